The van der Waals surface area contributed by atoms with Gasteiger partial charge in [-0.05, 0) is 25.0 Å². The summed E-state index contributed by atoms with van der Waals surface area (Å²) in [5.41, 5.74) is 0. The molecule has 0 heterocycles. The largest absolute Gasteiger partial charge is 0.357 e. The van der Waals surface area contributed by atoms with E-state index in [0.29, 0.717) is 0 Å². The predicted molar refractivity (Wildman–Crippen MR) is 123 cm³/mol. The molecule has 0 saturated carbocycles. The van der Waals surface area contributed by atoms with Crippen LogP contribution in [0.2, 0.25) is 0 Å². The van der Waals surface area contributed by atoms with Gasteiger partial charge in [-0.25, -0.2) is 0 Å². The molecule has 1 rings (SSSR count). The minimum absolute atomic E-state index is 0. The fourth-order valence-corrected chi connectivity index (χ4v) is 4.39. The van der Waals surface area contributed by atoms with Gasteiger partial charge in [-0.1, -0.05) is 120 Å². The molecule has 0 spiro atoms. The van der Waals surface area contributed by atoms with Gasteiger partial charge in [0, 0.05) is 37.5 Å². The molecule has 0 aliphatic heterocycles. The molecule has 1 aromatic carbocycles. The molecular weight excluding hydrogens is 420 g/mol. The van der Waals surface area contributed by atoms with Crippen molar-refractivity contribution < 1.29 is 19.5 Å². The van der Waals surface area contributed by atoms with Crippen LogP contribution in [0.15, 0.2) is 35.2 Å². The topological polar surface area (TPSA) is 3.24 Å². The fourth-order valence-electron chi connectivity index (χ4n) is 3.11. The van der Waals surface area contributed by atoms with Crippen LogP contribution in [0, 0.1) is 0 Å². The van der Waals surface area contributed by atoms with E-state index in [0.717, 1.165) is 17.4 Å². The van der Waals surface area contributed by atoms with Gasteiger partial charge >= 0.3 is 0 Å². The van der Waals surface area contributed by atoms with Crippen LogP contribution >= 0.6 is 24.0 Å². The number of nitrogens with zero attached hydrogens (tertiary/aromatic N) is 1. The Morgan fingerprint density at radius 2 is 1.19 bits per heavy atom. The minimum Gasteiger partial charge on any atom is -0.357 e. The van der Waals surface area contributed by atoms with E-state index in [2.05, 4.69) is 49.1 Å². The van der Waals surface area contributed by atoms with Gasteiger partial charge in [0.25, 0.3) is 0 Å². The summed E-state index contributed by atoms with van der Waals surface area (Å²) in [6.45, 7) is 6.81. The van der Waals surface area contributed by atoms with Crippen molar-refractivity contribution in [2.45, 2.75) is 95.8 Å². The summed E-state index contributed by atoms with van der Waals surface area (Å²) in [6, 6.07) is 10.6. The van der Waals surface area contributed by atoms with E-state index in [-0.39, 0.29) is 19.5 Å². The van der Waals surface area contributed by atoms with Gasteiger partial charge in [0.2, 0.25) is 0 Å². The van der Waals surface area contributed by atoms with Gasteiger partial charge in [-0.15, -0.1) is 0 Å². The molecule has 0 radical (unpaired) electrons. The van der Waals surface area contributed by atoms with Crippen LogP contribution in [0.1, 0.15) is 90.9 Å². The van der Waals surface area contributed by atoms with Crippen LogP contribution in [0.5, 0.6) is 0 Å². The number of benzene rings is 1. The Balaban J connectivity index is 0.00000676. The molecule has 0 unspecified atom stereocenters. The smallest absolute Gasteiger partial charge is 0.141 e. The Labute approximate surface area is 191 Å². The van der Waals surface area contributed by atoms with Crippen molar-refractivity contribution in [3.8, 4) is 0 Å². The van der Waals surface area contributed by atoms with Crippen LogP contribution in [0.3, 0.4) is 0 Å². The van der Waals surface area contributed by atoms with Crippen LogP contribution in [-0.2, 0) is 19.5 Å². The van der Waals surface area contributed by atoms with Crippen LogP contribution < -0.4 is 0 Å². The SMILES string of the molecule is CCCCCCCCN(CCCCCCCC)C(=S)Sc1ccccc1.[Zn]. The molecule has 0 aromatic heterocycles. The Bertz CT molecular complexity index is 437. The Morgan fingerprint density at radius 3 is 1.67 bits per heavy atom. The average Bonchev–Trinajstić information content (AvgIpc) is 2.66. The first-order valence-electron chi connectivity index (χ1n) is 10.8. The fraction of sp³-hybridized carbons (Fsp3) is 0.696. The molecule has 0 atom stereocenters. The minimum atomic E-state index is 0. The molecule has 0 N–H and O–H groups in total. The van der Waals surface area contributed by atoms with Gasteiger partial charge in [0.15, 0.2) is 0 Å². The summed E-state index contributed by atoms with van der Waals surface area (Å²) in [6.07, 6.45) is 16.1. The van der Waals surface area contributed by atoms with E-state index >= 15 is 0 Å². The van der Waals surface area contributed by atoms with Crippen molar-refractivity contribution >= 4 is 28.3 Å². The summed E-state index contributed by atoms with van der Waals surface area (Å²) in [7, 11) is 0. The maximum atomic E-state index is 5.79. The molecule has 0 fully saturated rings. The first kappa shape index (κ1) is 27.1. The zero-order valence-corrected chi connectivity index (χ0v) is 22.4. The summed E-state index contributed by atoms with van der Waals surface area (Å²) in [4.78, 5) is 3.72. The van der Waals surface area contributed by atoms with Crippen LogP contribution in [0.25, 0.3) is 0 Å². The molecule has 0 aliphatic carbocycles. The van der Waals surface area contributed by atoms with Crippen molar-refractivity contribution in [1.82, 2.24) is 4.90 Å². The van der Waals surface area contributed by atoms with E-state index in [4.69, 9.17) is 12.2 Å². The third kappa shape index (κ3) is 14.7. The summed E-state index contributed by atoms with van der Waals surface area (Å²) < 4.78 is 1.05. The summed E-state index contributed by atoms with van der Waals surface area (Å²) >= 11 is 7.54. The quantitative estimate of drug-likeness (QED) is 0.113. The molecule has 0 aliphatic rings. The van der Waals surface area contributed by atoms with Gasteiger partial charge in [-0.3, -0.25) is 0 Å². The monoisotopic (exact) mass is 457 g/mol. The normalized spacial score (nSPS) is 10.4. The molecular formula is C23H39NS2Zn. The second kappa shape index (κ2) is 19.4. The van der Waals surface area contributed by atoms with E-state index in [9.17, 15) is 0 Å². The maximum absolute atomic E-state index is 5.79. The van der Waals surface area contributed by atoms with E-state index in [1.165, 1.54) is 81.9 Å². The number of thioether (sulfide) groups is 1. The third-order valence-corrected chi connectivity index (χ3v) is 6.22. The predicted octanol–water partition coefficient (Wildman–Crippen LogP) is 8.08. The molecule has 0 saturated heterocycles. The number of rotatable bonds is 15. The van der Waals surface area contributed by atoms with Crippen molar-refractivity contribution in [3.63, 3.8) is 0 Å². The third-order valence-electron chi connectivity index (χ3n) is 4.77. The van der Waals surface area contributed by atoms with Crippen molar-refractivity contribution in [3.05, 3.63) is 30.3 Å². The Kier molecular flexibility index (Phi) is 19.5. The average molecular weight is 459 g/mol. The zero-order chi connectivity index (χ0) is 18.9. The van der Waals surface area contributed by atoms with Gasteiger partial charge < -0.3 is 4.90 Å². The van der Waals surface area contributed by atoms with Crippen molar-refractivity contribution in [2.75, 3.05) is 13.1 Å². The number of hydrogen-bond acceptors (Lipinski definition) is 2. The van der Waals surface area contributed by atoms with Gasteiger partial charge in [0.1, 0.15) is 4.32 Å². The molecule has 0 bridgehead atoms. The van der Waals surface area contributed by atoms with Crippen molar-refractivity contribution in [1.29, 1.82) is 0 Å². The summed E-state index contributed by atoms with van der Waals surface area (Å²) in [5.74, 6) is 0. The first-order valence-corrected chi connectivity index (χ1v) is 12.0. The van der Waals surface area contributed by atoms with Gasteiger partial charge in [-0.2, -0.15) is 0 Å². The first-order chi connectivity index (χ1) is 12.8. The zero-order valence-electron chi connectivity index (χ0n) is 17.8. The van der Waals surface area contributed by atoms with E-state index in [1.54, 1.807) is 11.8 Å². The molecule has 150 valence electrons. The Hall–Kier alpha value is 0.0834. The van der Waals surface area contributed by atoms with Crippen LogP contribution in [-0.4, -0.2) is 22.3 Å². The number of unbranched alkanes of at least 4 members (excludes halogenated alkanes) is 10. The Morgan fingerprint density at radius 1 is 0.741 bits per heavy atom. The number of thiocarbonyl (C=S) groups is 1. The number of hydrogen-bond donors (Lipinski definition) is 0. The van der Waals surface area contributed by atoms with Crippen LogP contribution in [0.4, 0.5) is 0 Å². The van der Waals surface area contributed by atoms with E-state index in [1.807, 2.05) is 0 Å². The molecule has 0 amide bonds. The maximum Gasteiger partial charge on any atom is 0.141 e. The second-order valence-electron chi connectivity index (χ2n) is 7.20. The molecule has 27 heavy (non-hydrogen) atoms. The summed E-state index contributed by atoms with van der Waals surface area (Å²) in [5, 5.41) is 0. The molecule has 1 aromatic rings. The second-order valence-corrected chi connectivity index (χ2v) is 8.91. The standard InChI is InChI=1S/C23H39NS2.Zn/c1-3-5-7-9-11-16-20-24(21-17-12-10-8-6-4-2)23(25)26-22-18-14-13-15-19-22;/h13-15,18-19H,3-12,16-17,20-21H2,1-2H3;. The van der Waals surface area contributed by atoms with Gasteiger partial charge in [0.05, 0.1) is 0 Å². The molecule has 4 heteroatoms. The van der Waals surface area contributed by atoms with Crippen molar-refractivity contribution in [2.24, 2.45) is 0 Å². The van der Waals surface area contributed by atoms with E-state index < -0.39 is 0 Å². The molecule has 1 nitrogen and oxygen atoms in total.